The maximum absolute atomic E-state index is 5.25. The van der Waals surface area contributed by atoms with Gasteiger partial charge in [-0.3, -0.25) is 0 Å². The fourth-order valence-corrected chi connectivity index (χ4v) is 7.87. The Balaban J connectivity index is 1.91. The van der Waals surface area contributed by atoms with E-state index in [0.29, 0.717) is 0 Å². The quantitative estimate of drug-likeness (QED) is 0.266. The van der Waals surface area contributed by atoms with Crippen LogP contribution in [0, 0.1) is 0 Å². The molecule has 0 radical (unpaired) electrons. The average Bonchev–Trinajstić information content (AvgIpc) is 2.76. The van der Waals surface area contributed by atoms with Crippen molar-refractivity contribution in [3.05, 3.63) is 72.8 Å². The first-order valence-electron chi connectivity index (χ1n) is 12.4. The number of nitrogens with zero attached hydrogens (tertiary/aromatic N) is 1. The summed E-state index contributed by atoms with van der Waals surface area (Å²) in [6.45, 7) is 21.7. The van der Waals surface area contributed by atoms with E-state index < -0.39 is 24.2 Å². The molecule has 1 aromatic heterocycles. The molecule has 0 N–H and O–H groups in total. The second-order valence-corrected chi connectivity index (χ2v) is 27.9. The lowest BCUT2D eigenvalue weighted by molar-refractivity contribution is 1.35. The molecule has 0 amide bonds. The van der Waals surface area contributed by atoms with Crippen molar-refractivity contribution in [2.45, 2.75) is 58.9 Å². The number of hydrogen-bond donors (Lipinski definition) is 0. The van der Waals surface area contributed by atoms with Crippen molar-refractivity contribution in [3.8, 4) is 22.5 Å². The molecule has 3 aromatic carbocycles. The van der Waals surface area contributed by atoms with Crippen molar-refractivity contribution in [3.63, 3.8) is 0 Å². The summed E-state index contributed by atoms with van der Waals surface area (Å²) in [6, 6.07) is 27.7. The zero-order chi connectivity index (χ0) is 24.9. The van der Waals surface area contributed by atoms with Gasteiger partial charge in [0.2, 0.25) is 0 Å². The van der Waals surface area contributed by atoms with E-state index in [2.05, 4.69) is 132 Å². The molecule has 0 aliphatic heterocycles. The molecule has 176 valence electrons. The maximum atomic E-state index is 5.25. The molecule has 0 saturated carbocycles. The smallest absolute Gasteiger partial charge is 0.0787 e. The van der Waals surface area contributed by atoms with Gasteiger partial charge in [0.25, 0.3) is 0 Å². The third kappa shape index (κ3) is 5.19. The van der Waals surface area contributed by atoms with Crippen LogP contribution in [0.5, 0.6) is 0 Å². The molecule has 34 heavy (non-hydrogen) atoms. The summed E-state index contributed by atoms with van der Waals surface area (Å²) in [5.41, 5.74) is 4.55. The Morgan fingerprint density at radius 1 is 0.471 bits per heavy atom. The van der Waals surface area contributed by atoms with Gasteiger partial charge in [0.05, 0.1) is 35.6 Å². The lowest BCUT2D eigenvalue weighted by Gasteiger charge is -2.20. The molecule has 4 heteroatoms. The predicted octanol–water partition coefficient (Wildman–Crippen LogP) is 7.20. The van der Waals surface area contributed by atoms with Crippen LogP contribution >= 0.6 is 0 Å². The molecule has 4 aromatic rings. The molecule has 0 bridgehead atoms. The molecule has 1 heterocycles. The van der Waals surface area contributed by atoms with Gasteiger partial charge in [0.1, 0.15) is 0 Å². The van der Waals surface area contributed by atoms with Gasteiger partial charge in [0, 0.05) is 16.5 Å². The van der Waals surface area contributed by atoms with Crippen LogP contribution in [0.2, 0.25) is 58.9 Å². The second kappa shape index (κ2) is 8.74. The topological polar surface area (TPSA) is 12.9 Å². The number of benzene rings is 3. The number of rotatable bonds is 5. The van der Waals surface area contributed by atoms with Gasteiger partial charge >= 0.3 is 0 Å². The van der Waals surface area contributed by atoms with Crippen LogP contribution in [-0.2, 0) is 0 Å². The Bertz CT molecular complexity index is 1320. The lowest BCUT2D eigenvalue weighted by atomic mass is 10.0. The SMILES string of the molecule is C[Si](C)(C)c1ccc(-c2cc3cc([Si](C)(C)C)ccc3c(-c3ccc([Si](C)(C)C)cc3)n2)cc1. The second-order valence-electron chi connectivity index (χ2n) is 12.7. The van der Waals surface area contributed by atoms with E-state index in [1.165, 1.54) is 37.5 Å². The van der Waals surface area contributed by atoms with Gasteiger partial charge in [-0.25, -0.2) is 4.98 Å². The highest BCUT2D eigenvalue weighted by Crippen LogP contribution is 2.31. The third-order valence-corrected chi connectivity index (χ3v) is 12.9. The molecular formula is C30H39NSi3. The van der Waals surface area contributed by atoms with Crippen molar-refractivity contribution >= 4 is 50.6 Å². The number of hydrogen-bond acceptors (Lipinski definition) is 1. The fourth-order valence-electron chi connectivity index (χ4n) is 4.36. The van der Waals surface area contributed by atoms with E-state index in [0.717, 1.165) is 11.4 Å². The normalized spacial score (nSPS) is 12.9. The van der Waals surface area contributed by atoms with Crippen molar-refractivity contribution in [1.82, 2.24) is 4.98 Å². The Labute approximate surface area is 209 Å². The van der Waals surface area contributed by atoms with E-state index in [1.807, 2.05) is 0 Å². The molecule has 0 aliphatic rings. The summed E-state index contributed by atoms with van der Waals surface area (Å²) in [7, 11) is -4.07. The number of pyridine rings is 1. The van der Waals surface area contributed by atoms with Gasteiger partial charge < -0.3 is 0 Å². The highest BCUT2D eigenvalue weighted by molar-refractivity contribution is 6.89. The van der Waals surface area contributed by atoms with Crippen molar-refractivity contribution < 1.29 is 0 Å². The van der Waals surface area contributed by atoms with E-state index in [-0.39, 0.29) is 0 Å². The summed E-state index contributed by atoms with van der Waals surface area (Å²) in [6.07, 6.45) is 0. The fraction of sp³-hybridized carbons (Fsp3) is 0.300. The summed E-state index contributed by atoms with van der Waals surface area (Å²) in [5.74, 6) is 0. The minimum atomic E-state index is -1.41. The molecule has 0 saturated heterocycles. The van der Waals surface area contributed by atoms with Gasteiger partial charge in [-0.15, -0.1) is 0 Å². The Hall–Kier alpha value is -2.28. The minimum Gasteiger partial charge on any atom is -0.247 e. The van der Waals surface area contributed by atoms with Gasteiger partial charge in [-0.05, 0) is 11.5 Å². The molecular weight excluding hydrogens is 459 g/mol. The van der Waals surface area contributed by atoms with Gasteiger partial charge in [0.15, 0.2) is 0 Å². The largest absolute Gasteiger partial charge is 0.247 e. The first kappa shape index (κ1) is 24.8. The van der Waals surface area contributed by atoms with Crippen LogP contribution in [-0.4, -0.2) is 29.2 Å². The van der Waals surface area contributed by atoms with Gasteiger partial charge in [-0.1, -0.05) is 141 Å². The van der Waals surface area contributed by atoms with Gasteiger partial charge in [-0.2, -0.15) is 0 Å². The minimum absolute atomic E-state index is 1.06. The van der Waals surface area contributed by atoms with Crippen LogP contribution in [0.4, 0.5) is 0 Å². The predicted molar refractivity (Wildman–Crippen MR) is 162 cm³/mol. The van der Waals surface area contributed by atoms with Crippen LogP contribution < -0.4 is 15.6 Å². The third-order valence-electron chi connectivity index (χ3n) is 6.77. The number of fused-ring (bicyclic) bond motifs is 1. The molecule has 4 rings (SSSR count). The highest BCUT2D eigenvalue weighted by Gasteiger charge is 2.20. The molecule has 0 unspecified atom stereocenters. The van der Waals surface area contributed by atoms with Crippen molar-refractivity contribution in [2.75, 3.05) is 0 Å². The van der Waals surface area contributed by atoms with Crippen molar-refractivity contribution in [2.24, 2.45) is 0 Å². The molecule has 0 spiro atoms. The zero-order valence-electron chi connectivity index (χ0n) is 22.4. The maximum Gasteiger partial charge on any atom is 0.0787 e. The van der Waals surface area contributed by atoms with Crippen molar-refractivity contribution in [1.29, 1.82) is 0 Å². The van der Waals surface area contributed by atoms with Crippen LogP contribution in [0.3, 0.4) is 0 Å². The zero-order valence-corrected chi connectivity index (χ0v) is 25.4. The summed E-state index contributed by atoms with van der Waals surface area (Å²) >= 11 is 0. The van der Waals surface area contributed by atoms with E-state index >= 15 is 0 Å². The van der Waals surface area contributed by atoms with E-state index in [4.69, 9.17) is 4.98 Å². The van der Waals surface area contributed by atoms with E-state index in [1.54, 1.807) is 0 Å². The monoisotopic (exact) mass is 497 g/mol. The Kier molecular flexibility index (Phi) is 6.38. The first-order valence-corrected chi connectivity index (χ1v) is 22.9. The average molecular weight is 498 g/mol. The summed E-state index contributed by atoms with van der Waals surface area (Å²) in [4.78, 5) is 5.25. The van der Waals surface area contributed by atoms with Crippen LogP contribution in [0.1, 0.15) is 0 Å². The molecule has 0 atom stereocenters. The molecule has 0 aliphatic carbocycles. The lowest BCUT2D eigenvalue weighted by Crippen LogP contribution is -2.37. The summed E-state index contributed by atoms with van der Waals surface area (Å²) in [5, 5.41) is 7.00. The number of aromatic nitrogens is 1. The van der Waals surface area contributed by atoms with Crippen LogP contribution in [0.25, 0.3) is 33.3 Å². The molecule has 1 nitrogen and oxygen atoms in total. The summed E-state index contributed by atoms with van der Waals surface area (Å²) < 4.78 is 0. The standard InChI is InChI=1S/C30H39NSi3/c1-32(2,3)25-14-10-22(11-15-25)29-21-24-20-27(34(7,8)9)18-19-28(24)30(31-29)23-12-16-26(17-13-23)33(4,5)6/h10-21H,1-9H3. The highest BCUT2D eigenvalue weighted by atomic mass is 28.3. The Morgan fingerprint density at radius 2 is 0.912 bits per heavy atom. The van der Waals surface area contributed by atoms with Crippen LogP contribution in [0.15, 0.2) is 72.8 Å². The van der Waals surface area contributed by atoms with E-state index in [9.17, 15) is 0 Å². The first-order chi connectivity index (χ1) is 15.7. The Morgan fingerprint density at radius 3 is 1.38 bits per heavy atom. The molecule has 0 fully saturated rings.